The second kappa shape index (κ2) is 23.3. The second-order valence-electron chi connectivity index (χ2n) is 18.9. The van der Waals surface area contributed by atoms with E-state index < -0.39 is 83.1 Å². The van der Waals surface area contributed by atoms with Crippen molar-refractivity contribution >= 4 is 81.9 Å². The van der Waals surface area contributed by atoms with Crippen LogP contribution in [-0.2, 0) is 38.1 Å². The van der Waals surface area contributed by atoms with Gasteiger partial charge in [0.15, 0.2) is 0 Å². The SMILES string of the molecule is CCOC(=O)c1cc(Nc2ccc(NC(=O)[C@@H]3CCCN3C(=O)[C@H](C)NC(=O)OC(C)(C)C)cc2)c(C(=O)OCC)cc1Nc1ccc(NC(=O)[C@@H]2CCCN2C(=O)[C@H](C)NC(=O)OC(C)(C)C)cc1. The van der Waals surface area contributed by atoms with Crippen molar-refractivity contribution in [3.63, 3.8) is 0 Å². The largest absolute Gasteiger partial charge is 0.462 e. The smallest absolute Gasteiger partial charge is 0.408 e. The standard InChI is InChI=1S/C50H66N8O12/c1-11-67-45(63)35-27-38(54-32-19-23-34(24-20-32)56-42(60)40-16-14-26-58(40)44(62)30(4)52-48(66)70-50(8,9)10)36(46(64)68-12-2)28-37(35)53-31-17-21-33(22-18-31)55-41(59)39-15-13-25-57(39)43(61)29(3)51-47(65)69-49(5,6)7/h17-24,27-30,39-40,53-54H,11-16,25-26H2,1-10H3,(H,51,65)(H,52,66)(H,55,59)(H,56,60)/t29-,30-,39-,40-/m0/s1. The number of hydrogen-bond acceptors (Lipinski definition) is 14. The van der Waals surface area contributed by atoms with Crippen LogP contribution >= 0.6 is 0 Å². The average Bonchev–Trinajstić information content (AvgIpc) is 3.98. The Hall–Kier alpha value is -7.38. The minimum Gasteiger partial charge on any atom is -0.462 e. The number of rotatable bonds is 16. The number of amides is 6. The molecule has 5 rings (SSSR count). The second-order valence-corrected chi connectivity index (χ2v) is 18.9. The van der Waals surface area contributed by atoms with E-state index in [2.05, 4.69) is 31.9 Å². The summed E-state index contributed by atoms with van der Waals surface area (Å²) >= 11 is 0. The van der Waals surface area contributed by atoms with Gasteiger partial charge in [-0.3, -0.25) is 19.2 Å². The molecule has 0 aromatic heterocycles. The molecule has 2 heterocycles. The summed E-state index contributed by atoms with van der Waals surface area (Å²) in [5.41, 5.74) is 1.01. The quantitative estimate of drug-likeness (QED) is 0.0613. The Morgan fingerprint density at radius 3 is 1.20 bits per heavy atom. The minimum absolute atomic E-state index is 0.0696. The van der Waals surface area contributed by atoms with Crippen LogP contribution in [0.3, 0.4) is 0 Å². The van der Waals surface area contributed by atoms with E-state index in [1.807, 2.05) is 0 Å². The third-order valence-corrected chi connectivity index (χ3v) is 10.9. The van der Waals surface area contributed by atoms with Gasteiger partial charge in [0.1, 0.15) is 35.4 Å². The first-order chi connectivity index (χ1) is 33.0. The summed E-state index contributed by atoms with van der Waals surface area (Å²) in [6.07, 6.45) is 0.617. The fraction of sp³-hybridized carbons (Fsp3) is 0.480. The molecule has 6 amide bonds. The van der Waals surface area contributed by atoms with E-state index in [-0.39, 0.29) is 35.7 Å². The van der Waals surface area contributed by atoms with Gasteiger partial charge in [0.05, 0.1) is 35.7 Å². The zero-order valence-corrected chi connectivity index (χ0v) is 41.5. The van der Waals surface area contributed by atoms with Gasteiger partial charge in [-0.05, 0) is 156 Å². The van der Waals surface area contributed by atoms with Crippen molar-refractivity contribution in [2.45, 2.75) is 130 Å². The number of nitrogens with one attached hydrogen (secondary N) is 6. The number of likely N-dealkylation sites (tertiary alicyclic amines) is 2. The molecule has 4 atom stereocenters. The molecule has 0 unspecified atom stereocenters. The Balaban J connectivity index is 1.28. The van der Waals surface area contributed by atoms with Crippen LogP contribution in [0.4, 0.5) is 43.7 Å². The number of anilines is 6. The van der Waals surface area contributed by atoms with Gasteiger partial charge in [0.25, 0.3) is 0 Å². The first kappa shape index (κ1) is 53.6. The molecular formula is C50H66N8O12. The predicted molar refractivity (Wildman–Crippen MR) is 262 cm³/mol. The lowest BCUT2D eigenvalue weighted by molar-refractivity contribution is -0.138. The van der Waals surface area contributed by atoms with Crippen molar-refractivity contribution in [3.8, 4) is 0 Å². The maximum absolute atomic E-state index is 13.5. The molecule has 0 spiro atoms. The lowest BCUT2D eigenvalue weighted by Crippen LogP contribution is -2.52. The number of alkyl carbamates (subject to hydrolysis) is 2. The van der Waals surface area contributed by atoms with Crippen LogP contribution in [-0.4, -0.2) is 119 Å². The summed E-state index contributed by atoms with van der Waals surface area (Å²) in [5.74, 6) is -2.96. The fourth-order valence-electron chi connectivity index (χ4n) is 7.79. The topological polar surface area (TPSA) is 252 Å². The lowest BCUT2D eigenvalue weighted by Gasteiger charge is -2.28. The van der Waals surface area contributed by atoms with E-state index in [0.29, 0.717) is 61.5 Å². The van der Waals surface area contributed by atoms with Crippen molar-refractivity contribution in [3.05, 3.63) is 71.8 Å². The first-order valence-electron chi connectivity index (χ1n) is 23.4. The maximum Gasteiger partial charge on any atom is 0.408 e. The van der Waals surface area contributed by atoms with Crippen LogP contribution < -0.4 is 31.9 Å². The molecule has 2 fully saturated rings. The number of carbonyl (C=O) groups is 8. The Morgan fingerprint density at radius 2 is 0.886 bits per heavy atom. The number of nitrogens with zero attached hydrogens (tertiary/aromatic N) is 2. The van der Waals surface area contributed by atoms with Gasteiger partial charge < -0.3 is 60.6 Å². The monoisotopic (exact) mass is 970 g/mol. The third-order valence-electron chi connectivity index (χ3n) is 10.9. The Bertz CT molecular complexity index is 2250. The summed E-state index contributed by atoms with van der Waals surface area (Å²) < 4.78 is 21.3. The Morgan fingerprint density at radius 1 is 0.557 bits per heavy atom. The molecule has 3 aromatic rings. The number of carbonyl (C=O) groups excluding carboxylic acids is 8. The normalized spacial score (nSPS) is 16.5. The van der Waals surface area contributed by atoms with E-state index in [0.717, 1.165) is 0 Å². The molecular weight excluding hydrogens is 905 g/mol. The summed E-state index contributed by atoms with van der Waals surface area (Å²) in [6.45, 7) is 17.5. The van der Waals surface area contributed by atoms with Crippen molar-refractivity contribution in [2.24, 2.45) is 0 Å². The molecule has 20 heteroatoms. The van der Waals surface area contributed by atoms with Crippen LogP contribution in [0.1, 0.15) is 116 Å². The van der Waals surface area contributed by atoms with Gasteiger partial charge in [-0.15, -0.1) is 0 Å². The van der Waals surface area contributed by atoms with Crippen LogP contribution in [0, 0.1) is 0 Å². The maximum atomic E-state index is 13.5. The molecule has 2 aliphatic heterocycles. The van der Waals surface area contributed by atoms with Crippen molar-refractivity contribution in [2.75, 3.05) is 47.6 Å². The van der Waals surface area contributed by atoms with E-state index >= 15 is 0 Å². The summed E-state index contributed by atoms with van der Waals surface area (Å²) in [5, 5.41) is 17.2. The number of esters is 2. The average molecular weight is 971 g/mol. The number of hydrogen-bond donors (Lipinski definition) is 6. The summed E-state index contributed by atoms with van der Waals surface area (Å²) in [4.78, 5) is 108. The van der Waals surface area contributed by atoms with Crippen molar-refractivity contribution < 1.29 is 57.3 Å². The molecule has 6 N–H and O–H groups in total. The molecule has 0 saturated carbocycles. The van der Waals surface area contributed by atoms with Crippen LogP contribution in [0.2, 0.25) is 0 Å². The molecule has 3 aromatic carbocycles. The van der Waals surface area contributed by atoms with E-state index in [9.17, 15) is 38.4 Å². The zero-order valence-electron chi connectivity index (χ0n) is 41.5. The Labute approximate surface area is 408 Å². The molecule has 378 valence electrons. The van der Waals surface area contributed by atoms with Crippen molar-refractivity contribution in [1.82, 2.24) is 20.4 Å². The highest BCUT2D eigenvalue weighted by atomic mass is 16.6. The fourth-order valence-corrected chi connectivity index (χ4v) is 7.79. The van der Waals surface area contributed by atoms with Gasteiger partial charge in [-0.25, -0.2) is 19.2 Å². The highest BCUT2D eigenvalue weighted by Gasteiger charge is 2.38. The molecule has 2 aliphatic rings. The summed E-state index contributed by atoms with van der Waals surface area (Å²) in [6, 6.07) is 12.8. The summed E-state index contributed by atoms with van der Waals surface area (Å²) in [7, 11) is 0. The minimum atomic E-state index is -0.917. The number of ether oxygens (including phenoxy) is 4. The molecule has 70 heavy (non-hydrogen) atoms. The lowest BCUT2D eigenvalue weighted by atomic mass is 10.0. The highest BCUT2D eigenvalue weighted by Crippen LogP contribution is 2.33. The molecule has 0 radical (unpaired) electrons. The molecule has 0 aliphatic carbocycles. The first-order valence-corrected chi connectivity index (χ1v) is 23.4. The predicted octanol–water partition coefficient (Wildman–Crippen LogP) is 7.21. The van der Waals surface area contributed by atoms with Crippen LogP contribution in [0.15, 0.2) is 60.7 Å². The van der Waals surface area contributed by atoms with E-state index in [1.54, 1.807) is 118 Å². The van der Waals surface area contributed by atoms with Crippen molar-refractivity contribution in [1.29, 1.82) is 0 Å². The van der Waals surface area contributed by atoms with E-state index in [4.69, 9.17) is 18.9 Å². The van der Waals surface area contributed by atoms with E-state index in [1.165, 1.54) is 21.9 Å². The van der Waals surface area contributed by atoms with Crippen LogP contribution in [0.25, 0.3) is 0 Å². The Kier molecular flexibility index (Phi) is 17.8. The van der Waals surface area contributed by atoms with Gasteiger partial charge in [0.2, 0.25) is 23.6 Å². The van der Waals surface area contributed by atoms with Gasteiger partial charge in [-0.2, -0.15) is 0 Å². The highest BCUT2D eigenvalue weighted by molar-refractivity contribution is 6.05. The van der Waals surface area contributed by atoms with Gasteiger partial charge in [0, 0.05) is 35.8 Å². The molecule has 20 nitrogen and oxygen atoms in total. The third kappa shape index (κ3) is 14.8. The number of benzene rings is 3. The molecule has 0 bridgehead atoms. The van der Waals surface area contributed by atoms with Gasteiger partial charge in [-0.1, -0.05) is 0 Å². The van der Waals surface area contributed by atoms with Crippen LogP contribution in [0.5, 0.6) is 0 Å². The van der Waals surface area contributed by atoms with Gasteiger partial charge >= 0.3 is 24.1 Å². The zero-order chi connectivity index (χ0) is 51.5. The molecule has 2 saturated heterocycles.